The van der Waals surface area contributed by atoms with Crippen molar-refractivity contribution >= 4 is 82.1 Å². The van der Waals surface area contributed by atoms with Crippen molar-refractivity contribution in [1.29, 1.82) is 0 Å². The first-order chi connectivity index (χ1) is 29.7. The average molecular weight is 764 g/mol. The number of hydrogen-bond acceptors (Lipinski definition) is 2. The summed E-state index contributed by atoms with van der Waals surface area (Å²) in [5.74, 6) is 0. The molecule has 0 saturated heterocycles. The molecule has 0 saturated carbocycles. The second-order valence-electron chi connectivity index (χ2n) is 15.7. The minimum atomic E-state index is 0.880. The van der Waals surface area contributed by atoms with Gasteiger partial charge in [-0.2, -0.15) is 0 Å². The number of nitrogens with zero attached hydrogens (tertiary/aromatic N) is 1. The number of anilines is 3. The van der Waals surface area contributed by atoms with E-state index in [2.05, 4.69) is 229 Å². The van der Waals surface area contributed by atoms with Gasteiger partial charge in [0, 0.05) is 27.7 Å². The molecule has 0 fully saturated rings. The molecule has 0 unspecified atom stereocenters. The predicted octanol–water partition coefficient (Wildman–Crippen LogP) is 16.7. The summed E-state index contributed by atoms with van der Waals surface area (Å²) in [4.78, 5) is 2.41. The number of furan rings is 1. The number of fused-ring (bicyclic) bond motifs is 8. The molecule has 11 aromatic carbocycles. The van der Waals surface area contributed by atoms with Gasteiger partial charge in [0.05, 0.1) is 5.69 Å². The Morgan fingerprint density at radius 2 is 0.867 bits per heavy atom. The molecule has 2 nitrogen and oxygen atoms in total. The average Bonchev–Trinajstić information content (AvgIpc) is 3.68. The normalized spacial score (nSPS) is 11.7. The predicted molar refractivity (Wildman–Crippen MR) is 255 cm³/mol. The van der Waals surface area contributed by atoms with E-state index in [1.54, 1.807) is 0 Å². The molecule has 1 aromatic heterocycles. The lowest BCUT2D eigenvalue weighted by atomic mass is 9.95. The summed E-state index contributed by atoms with van der Waals surface area (Å²) in [5.41, 5.74) is 12.0. The molecule has 1 heterocycles. The van der Waals surface area contributed by atoms with Crippen LogP contribution in [0.2, 0.25) is 0 Å². The summed E-state index contributed by atoms with van der Waals surface area (Å²) >= 11 is 0. The lowest BCUT2D eigenvalue weighted by molar-refractivity contribution is 0.669. The summed E-state index contributed by atoms with van der Waals surface area (Å²) in [7, 11) is 0. The van der Waals surface area contributed by atoms with Crippen molar-refractivity contribution < 1.29 is 4.42 Å². The highest BCUT2D eigenvalue weighted by molar-refractivity contribution is 6.17. The van der Waals surface area contributed by atoms with E-state index in [-0.39, 0.29) is 0 Å². The maximum absolute atomic E-state index is 6.58. The van der Waals surface area contributed by atoms with Crippen LogP contribution in [0.4, 0.5) is 17.1 Å². The molecule has 0 aliphatic rings. The van der Waals surface area contributed by atoms with E-state index in [1.807, 2.05) is 0 Å². The summed E-state index contributed by atoms with van der Waals surface area (Å²) in [6.45, 7) is 0. The van der Waals surface area contributed by atoms with Gasteiger partial charge in [0.15, 0.2) is 0 Å². The van der Waals surface area contributed by atoms with Gasteiger partial charge in [-0.3, -0.25) is 0 Å². The Hall–Kier alpha value is -7.94. The third-order valence-corrected chi connectivity index (χ3v) is 12.2. The van der Waals surface area contributed by atoms with Gasteiger partial charge in [-0.05, 0) is 132 Å². The first-order valence-electron chi connectivity index (χ1n) is 20.6. The van der Waals surface area contributed by atoms with Crippen molar-refractivity contribution in [3.63, 3.8) is 0 Å². The molecule has 12 aromatic rings. The summed E-state index contributed by atoms with van der Waals surface area (Å²) in [6, 6.07) is 81.4. The Morgan fingerprint density at radius 1 is 0.283 bits per heavy atom. The van der Waals surface area contributed by atoms with E-state index in [9.17, 15) is 0 Å². The molecule has 60 heavy (non-hydrogen) atoms. The van der Waals surface area contributed by atoms with E-state index in [0.717, 1.165) is 55.7 Å². The molecular formula is C58H37NO. The third kappa shape index (κ3) is 5.73. The van der Waals surface area contributed by atoms with E-state index in [0.29, 0.717) is 0 Å². The van der Waals surface area contributed by atoms with Crippen molar-refractivity contribution in [3.05, 3.63) is 224 Å². The highest BCUT2D eigenvalue weighted by Crippen LogP contribution is 2.46. The van der Waals surface area contributed by atoms with Crippen LogP contribution in [0.15, 0.2) is 229 Å². The standard InChI is InChI=1S/C58H37NO/c1-2-13-41-33-46(25-23-38(41)11-1)42-16-9-17-49(35-42)59(48-30-27-39(28-31-48)45-29-32-51-47(34-45)26-24-40-12-5-6-18-50(40)51)55-21-8-7-19-52(55)53-20-10-22-56-58(53)54-36-43-14-3-4-15-44(43)37-57(54)60-56/h1-37H. The minimum absolute atomic E-state index is 0.880. The van der Waals surface area contributed by atoms with E-state index in [4.69, 9.17) is 4.42 Å². The molecule has 280 valence electrons. The number of benzene rings is 11. The van der Waals surface area contributed by atoms with E-state index in [1.165, 1.54) is 59.8 Å². The van der Waals surface area contributed by atoms with Gasteiger partial charge in [-0.15, -0.1) is 0 Å². The Bertz CT molecular complexity index is 3610. The molecule has 0 atom stereocenters. The first kappa shape index (κ1) is 34.1. The van der Waals surface area contributed by atoms with Crippen LogP contribution < -0.4 is 4.90 Å². The van der Waals surface area contributed by atoms with E-state index < -0.39 is 0 Å². The Labute approximate surface area is 347 Å². The zero-order valence-electron chi connectivity index (χ0n) is 32.7. The number of rotatable bonds is 6. The monoisotopic (exact) mass is 763 g/mol. The molecule has 0 spiro atoms. The second-order valence-corrected chi connectivity index (χ2v) is 15.7. The Kier molecular flexibility index (Phi) is 7.89. The molecule has 0 radical (unpaired) electrons. The minimum Gasteiger partial charge on any atom is -0.456 e. The molecule has 0 N–H and O–H groups in total. The molecule has 0 bridgehead atoms. The van der Waals surface area contributed by atoms with Crippen molar-refractivity contribution in [2.75, 3.05) is 4.90 Å². The number of hydrogen-bond donors (Lipinski definition) is 0. The third-order valence-electron chi connectivity index (χ3n) is 12.2. The van der Waals surface area contributed by atoms with Crippen LogP contribution in [0.5, 0.6) is 0 Å². The van der Waals surface area contributed by atoms with Crippen molar-refractivity contribution in [3.8, 4) is 33.4 Å². The molecule has 0 aliphatic heterocycles. The number of para-hydroxylation sites is 1. The fraction of sp³-hybridized carbons (Fsp3) is 0. The van der Waals surface area contributed by atoms with Crippen molar-refractivity contribution in [2.45, 2.75) is 0 Å². The highest BCUT2D eigenvalue weighted by atomic mass is 16.3. The SMILES string of the molecule is c1cc(-c2ccc3ccccc3c2)cc(N(c2ccc(-c3ccc4c(ccc5ccccc54)c3)cc2)c2ccccc2-c2cccc3oc4cc5ccccc5cc4c23)c1. The quantitative estimate of drug-likeness (QED) is 0.157. The van der Waals surface area contributed by atoms with Crippen LogP contribution in [0.3, 0.4) is 0 Å². The lowest BCUT2D eigenvalue weighted by Gasteiger charge is -2.28. The fourth-order valence-corrected chi connectivity index (χ4v) is 9.25. The van der Waals surface area contributed by atoms with Crippen LogP contribution in [0.25, 0.3) is 98.4 Å². The van der Waals surface area contributed by atoms with Gasteiger partial charge in [-0.25, -0.2) is 0 Å². The van der Waals surface area contributed by atoms with Crippen LogP contribution in [-0.4, -0.2) is 0 Å². The maximum Gasteiger partial charge on any atom is 0.136 e. The first-order valence-corrected chi connectivity index (χ1v) is 20.6. The summed E-state index contributed by atoms with van der Waals surface area (Å²) in [6.07, 6.45) is 0. The molecular weight excluding hydrogens is 727 g/mol. The summed E-state index contributed by atoms with van der Waals surface area (Å²) in [5, 5.41) is 12.1. The molecule has 2 heteroatoms. The topological polar surface area (TPSA) is 16.4 Å². The Balaban J connectivity index is 1.03. The Morgan fingerprint density at radius 3 is 1.73 bits per heavy atom. The zero-order valence-corrected chi connectivity index (χ0v) is 32.7. The molecule has 0 aliphatic carbocycles. The smallest absolute Gasteiger partial charge is 0.136 e. The maximum atomic E-state index is 6.58. The fourth-order valence-electron chi connectivity index (χ4n) is 9.25. The van der Waals surface area contributed by atoms with Crippen molar-refractivity contribution in [2.24, 2.45) is 0 Å². The summed E-state index contributed by atoms with van der Waals surface area (Å²) < 4.78 is 6.58. The van der Waals surface area contributed by atoms with Crippen molar-refractivity contribution in [1.82, 2.24) is 0 Å². The second kappa shape index (κ2) is 13.9. The zero-order chi connectivity index (χ0) is 39.6. The van der Waals surface area contributed by atoms with E-state index >= 15 is 0 Å². The van der Waals surface area contributed by atoms with Gasteiger partial charge in [0.2, 0.25) is 0 Å². The van der Waals surface area contributed by atoms with Crippen LogP contribution in [0.1, 0.15) is 0 Å². The largest absolute Gasteiger partial charge is 0.456 e. The van der Waals surface area contributed by atoms with Gasteiger partial charge in [0.1, 0.15) is 11.2 Å². The highest BCUT2D eigenvalue weighted by Gasteiger charge is 2.21. The van der Waals surface area contributed by atoms with Gasteiger partial charge >= 0.3 is 0 Å². The van der Waals surface area contributed by atoms with Crippen LogP contribution >= 0.6 is 0 Å². The van der Waals surface area contributed by atoms with Crippen LogP contribution in [0, 0.1) is 0 Å². The molecule has 0 amide bonds. The lowest BCUT2D eigenvalue weighted by Crippen LogP contribution is -2.11. The molecule has 12 rings (SSSR count). The van der Waals surface area contributed by atoms with Gasteiger partial charge in [0.25, 0.3) is 0 Å². The van der Waals surface area contributed by atoms with Crippen LogP contribution in [-0.2, 0) is 0 Å². The van der Waals surface area contributed by atoms with Gasteiger partial charge in [-0.1, -0.05) is 164 Å². The van der Waals surface area contributed by atoms with Gasteiger partial charge < -0.3 is 9.32 Å².